The van der Waals surface area contributed by atoms with Crippen LogP contribution in [0.15, 0.2) is 48.5 Å². The predicted octanol–water partition coefficient (Wildman–Crippen LogP) is 3.90. The first kappa shape index (κ1) is 16.0. The summed E-state index contributed by atoms with van der Waals surface area (Å²) in [6, 6.07) is 16.2. The van der Waals surface area contributed by atoms with E-state index in [2.05, 4.69) is 43.4 Å². The van der Waals surface area contributed by atoms with Crippen LogP contribution in [0.25, 0.3) is 0 Å². The van der Waals surface area contributed by atoms with Crippen LogP contribution in [0.2, 0.25) is 5.02 Å². The van der Waals surface area contributed by atoms with Crippen LogP contribution in [0.5, 0.6) is 0 Å². The Balaban J connectivity index is 1.83. The monoisotopic (exact) mass is 303 g/mol. The van der Waals surface area contributed by atoms with Crippen LogP contribution < -0.4 is 5.32 Å². The van der Waals surface area contributed by atoms with Gasteiger partial charge in [0.2, 0.25) is 0 Å². The lowest BCUT2D eigenvalue weighted by Crippen LogP contribution is -2.32. The Bertz CT molecular complexity index is 568. The molecule has 0 fully saturated rings. The van der Waals surface area contributed by atoms with Gasteiger partial charge in [0, 0.05) is 17.6 Å². The summed E-state index contributed by atoms with van der Waals surface area (Å²) >= 11 is 5.94. The third kappa shape index (κ3) is 5.16. The number of hydrogen-bond donors (Lipinski definition) is 2. The van der Waals surface area contributed by atoms with Crippen molar-refractivity contribution in [3.8, 4) is 0 Å². The molecular weight excluding hydrogens is 282 g/mol. The van der Waals surface area contributed by atoms with Gasteiger partial charge in [-0.15, -0.1) is 0 Å². The van der Waals surface area contributed by atoms with E-state index >= 15 is 0 Å². The zero-order valence-corrected chi connectivity index (χ0v) is 13.3. The lowest BCUT2D eigenvalue weighted by molar-refractivity contribution is 0.170. The van der Waals surface area contributed by atoms with Gasteiger partial charge in [0.15, 0.2) is 0 Å². The lowest BCUT2D eigenvalue weighted by Gasteiger charge is -2.18. The molecule has 3 heteroatoms. The van der Waals surface area contributed by atoms with Gasteiger partial charge in [-0.05, 0) is 43.5 Å². The number of aryl methyl sites for hydroxylation is 1. The van der Waals surface area contributed by atoms with Gasteiger partial charge in [0.05, 0.1) is 6.10 Å². The van der Waals surface area contributed by atoms with Crippen molar-refractivity contribution in [1.29, 1.82) is 0 Å². The quantitative estimate of drug-likeness (QED) is 0.848. The third-order valence-electron chi connectivity index (χ3n) is 3.56. The number of halogens is 1. The summed E-state index contributed by atoms with van der Waals surface area (Å²) in [5, 5.41) is 14.2. The molecule has 21 heavy (non-hydrogen) atoms. The van der Waals surface area contributed by atoms with Crippen LogP contribution in [0, 0.1) is 6.92 Å². The Labute approximate surface area is 131 Å². The van der Waals surface area contributed by atoms with E-state index in [4.69, 9.17) is 11.6 Å². The second-order valence-corrected chi connectivity index (χ2v) is 6.01. The van der Waals surface area contributed by atoms with Gasteiger partial charge < -0.3 is 10.4 Å². The summed E-state index contributed by atoms with van der Waals surface area (Å²) in [6.45, 7) is 4.74. The van der Waals surface area contributed by atoms with Crippen LogP contribution in [0.4, 0.5) is 0 Å². The van der Waals surface area contributed by atoms with Gasteiger partial charge in [-0.2, -0.15) is 0 Å². The SMILES string of the molecule is Cc1ccc(CC(C)NCC(O)c2cccc(Cl)c2)cc1. The van der Waals surface area contributed by atoms with Crippen molar-refractivity contribution < 1.29 is 5.11 Å². The zero-order valence-electron chi connectivity index (χ0n) is 12.5. The van der Waals surface area contributed by atoms with E-state index in [1.54, 1.807) is 6.07 Å². The Morgan fingerprint density at radius 3 is 2.52 bits per heavy atom. The predicted molar refractivity (Wildman–Crippen MR) is 88.8 cm³/mol. The normalized spacial score (nSPS) is 13.9. The summed E-state index contributed by atoms with van der Waals surface area (Å²) < 4.78 is 0. The van der Waals surface area contributed by atoms with Crippen molar-refractivity contribution in [2.24, 2.45) is 0 Å². The van der Waals surface area contributed by atoms with Crippen LogP contribution in [-0.2, 0) is 6.42 Å². The van der Waals surface area contributed by atoms with E-state index in [1.165, 1.54) is 11.1 Å². The van der Waals surface area contributed by atoms with Gasteiger partial charge in [-0.3, -0.25) is 0 Å². The minimum absolute atomic E-state index is 0.307. The molecule has 0 aliphatic carbocycles. The molecule has 2 N–H and O–H groups in total. The molecule has 0 amide bonds. The molecule has 0 spiro atoms. The maximum Gasteiger partial charge on any atom is 0.0914 e. The molecule has 2 aromatic carbocycles. The van der Waals surface area contributed by atoms with E-state index in [-0.39, 0.29) is 0 Å². The molecule has 0 aliphatic rings. The van der Waals surface area contributed by atoms with E-state index < -0.39 is 6.10 Å². The number of nitrogens with one attached hydrogen (secondary N) is 1. The second kappa shape index (κ2) is 7.60. The standard InChI is InChI=1S/C18H22ClNO/c1-13-6-8-15(9-7-13)10-14(2)20-12-18(21)16-4-3-5-17(19)11-16/h3-9,11,14,18,20-21H,10,12H2,1-2H3. The highest BCUT2D eigenvalue weighted by molar-refractivity contribution is 6.30. The minimum Gasteiger partial charge on any atom is -0.387 e. The van der Waals surface area contributed by atoms with Crippen molar-refractivity contribution in [2.75, 3.05) is 6.54 Å². The highest BCUT2D eigenvalue weighted by Crippen LogP contribution is 2.17. The van der Waals surface area contributed by atoms with Gasteiger partial charge in [-0.25, -0.2) is 0 Å². The van der Waals surface area contributed by atoms with E-state index in [0.29, 0.717) is 17.6 Å². The smallest absolute Gasteiger partial charge is 0.0914 e. The first-order chi connectivity index (χ1) is 10.0. The molecule has 0 saturated heterocycles. The van der Waals surface area contributed by atoms with Gasteiger partial charge in [-0.1, -0.05) is 53.6 Å². The van der Waals surface area contributed by atoms with Gasteiger partial charge in [0.25, 0.3) is 0 Å². The summed E-state index contributed by atoms with van der Waals surface area (Å²) in [5.41, 5.74) is 3.42. The largest absolute Gasteiger partial charge is 0.387 e. The fraction of sp³-hybridized carbons (Fsp3) is 0.333. The lowest BCUT2D eigenvalue weighted by atomic mass is 10.0. The second-order valence-electron chi connectivity index (χ2n) is 5.57. The number of rotatable bonds is 6. The summed E-state index contributed by atoms with van der Waals surface area (Å²) in [4.78, 5) is 0. The first-order valence-electron chi connectivity index (χ1n) is 7.27. The van der Waals surface area contributed by atoms with Crippen LogP contribution >= 0.6 is 11.6 Å². The number of aliphatic hydroxyl groups excluding tert-OH is 1. The van der Waals surface area contributed by atoms with Crippen molar-refractivity contribution in [1.82, 2.24) is 5.32 Å². The molecule has 2 aromatic rings. The topological polar surface area (TPSA) is 32.3 Å². The Hall–Kier alpha value is -1.35. The average Bonchev–Trinajstić information content (AvgIpc) is 2.47. The Morgan fingerprint density at radius 2 is 1.86 bits per heavy atom. The zero-order chi connectivity index (χ0) is 15.2. The van der Waals surface area contributed by atoms with E-state index in [1.807, 2.05) is 18.2 Å². The molecule has 112 valence electrons. The molecule has 2 atom stereocenters. The molecule has 0 aliphatic heterocycles. The van der Waals surface area contributed by atoms with Gasteiger partial charge in [0.1, 0.15) is 0 Å². The van der Waals surface area contributed by atoms with E-state index in [0.717, 1.165) is 12.0 Å². The minimum atomic E-state index is -0.538. The van der Waals surface area contributed by atoms with Crippen molar-refractivity contribution in [2.45, 2.75) is 32.4 Å². The average molecular weight is 304 g/mol. The summed E-state index contributed by atoms with van der Waals surface area (Å²) in [7, 11) is 0. The maximum atomic E-state index is 10.2. The molecule has 2 nitrogen and oxygen atoms in total. The number of hydrogen-bond acceptors (Lipinski definition) is 2. The number of benzene rings is 2. The molecule has 0 heterocycles. The fourth-order valence-electron chi connectivity index (χ4n) is 2.29. The molecule has 2 rings (SSSR count). The molecule has 0 bridgehead atoms. The molecule has 0 radical (unpaired) electrons. The Kier molecular flexibility index (Phi) is 5.80. The molecule has 0 saturated carbocycles. The first-order valence-corrected chi connectivity index (χ1v) is 7.65. The Morgan fingerprint density at radius 1 is 1.14 bits per heavy atom. The summed E-state index contributed by atoms with van der Waals surface area (Å²) in [5.74, 6) is 0. The third-order valence-corrected chi connectivity index (χ3v) is 3.79. The van der Waals surface area contributed by atoms with Crippen LogP contribution in [0.1, 0.15) is 29.7 Å². The van der Waals surface area contributed by atoms with Gasteiger partial charge >= 0.3 is 0 Å². The van der Waals surface area contributed by atoms with Crippen LogP contribution in [-0.4, -0.2) is 17.7 Å². The van der Waals surface area contributed by atoms with E-state index in [9.17, 15) is 5.11 Å². The molecule has 2 unspecified atom stereocenters. The summed E-state index contributed by atoms with van der Waals surface area (Å²) in [6.07, 6.45) is 0.409. The fourth-order valence-corrected chi connectivity index (χ4v) is 2.49. The number of aliphatic hydroxyl groups is 1. The highest BCUT2D eigenvalue weighted by atomic mass is 35.5. The van der Waals surface area contributed by atoms with Crippen molar-refractivity contribution >= 4 is 11.6 Å². The van der Waals surface area contributed by atoms with Crippen molar-refractivity contribution in [3.05, 3.63) is 70.2 Å². The van der Waals surface area contributed by atoms with Crippen molar-refractivity contribution in [3.63, 3.8) is 0 Å². The maximum absolute atomic E-state index is 10.2. The van der Waals surface area contributed by atoms with Crippen LogP contribution in [0.3, 0.4) is 0 Å². The molecular formula is C18H22ClNO. The molecule has 0 aromatic heterocycles. The highest BCUT2D eigenvalue weighted by Gasteiger charge is 2.10.